The van der Waals surface area contributed by atoms with Crippen molar-refractivity contribution in [1.29, 1.82) is 0 Å². The molecule has 0 saturated heterocycles. The first kappa shape index (κ1) is 12.5. The van der Waals surface area contributed by atoms with Crippen molar-refractivity contribution in [3.63, 3.8) is 0 Å². The Morgan fingerprint density at radius 2 is 2.38 bits per heavy atom. The highest BCUT2D eigenvalue weighted by Gasteiger charge is 2.21. The zero-order valence-electron chi connectivity index (χ0n) is 9.30. The minimum Gasteiger partial charge on any atom is -0.386 e. The third-order valence-corrected chi connectivity index (χ3v) is 1.88. The van der Waals surface area contributed by atoms with Gasteiger partial charge in [-0.15, -0.1) is 0 Å². The van der Waals surface area contributed by atoms with Crippen LogP contribution in [0.5, 0.6) is 0 Å². The number of hydrogen-bond acceptors (Lipinski definition) is 5. The Bertz CT molecular complexity index is 340. The van der Waals surface area contributed by atoms with Crippen LogP contribution < -0.4 is 5.32 Å². The molecule has 1 rings (SSSR count). The van der Waals surface area contributed by atoms with Crippen LogP contribution in [0.2, 0.25) is 0 Å². The lowest BCUT2D eigenvalue weighted by molar-refractivity contribution is -0.0147. The first-order chi connectivity index (χ1) is 7.55. The van der Waals surface area contributed by atoms with E-state index in [1.165, 1.54) is 25.7 Å². The molecule has 1 aromatic rings. The largest absolute Gasteiger partial charge is 0.386 e. The summed E-state index contributed by atoms with van der Waals surface area (Å²) < 4.78 is 4.82. The number of carbonyl (C=O) groups is 1. The van der Waals surface area contributed by atoms with Crippen LogP contribution in [0.3, 0.4) is 0 Å². The third kappa shape index (κ3) is 3.92. The van der Waals surface area contributed by atoms with Gasteiger partial charge in [0, 0.05) is 26.0 Å². The number of carbonyl (C=O) groups excluding carboxylic acids is 1. The number of aromatic nitrogens is 2. The minimum absolute atomic E-state index is 0.0935. The van der Waals surface area contributed by atoms with Crippen LogP contribution in [0.15, 0.2) is 18.6 Å². The van der Waals surface area contributed by atoms with Gasteiger partial charge in [-0.1, -0.05) is 0 Å². The van der Waals surface area contributed by atoms with Crippen LogP contribution in [0.4, 0.5) is 0 Å². The molecule has 0 aliphatic carbocycles. The summed E-state index contributed by atoms with van der Waals surface area (Å²) in [6.07, 6.45) is 4.28. The van der Waals surface area contributed by atoms with Gasteiger partial charge in [-0.3, -0.25) is 9.78 Å². The zero-order valence-corrected chi connectivity index (χ0v) is 9.30. The van der Waals surface area contributed by atoms with Gasteiger partial charge in [0.05, 0.1) is 12.8 Å². The average Bonchev–Trinajstić information content (AvgIpc) is 2.27. The first-order valence-corrected chi connectivity index (χ1v) is 4.81. The summed E-state index contributed by atoms with van der Waals surface area (Å²) >= 11 is 0. The summed E-state index contributed by atoms with van der Waals surface area (Å²) in [5.74, 6) is -0.371. The second-order valence-electron chi connectivity index (χ2n) is 3.70. The van der Waals surface area contributed by atoms with E-state index in [2.05, 4.69) is 15.3 Å². The molecule has 0 spiro atoms. The summed E-state index contributed by atoms with van der Waals surface area (Å²) in [5.41, 5.74) is -0.872. The molecule has 16 heavy (non-hydrogen) atoms. The van der Waals surface area contributed by atoms with Crippen molar-refractivity contribution in [2.45, 2.75) is 12.5 Å². The second kappa shape index (κ2) is 5.53. The Hall–Kier alpha value is -1.53. The summed E-state index contributed by atoms with van der Waals surface area (Å²) in [6.45, 7) is 1.82. The highest BCUT2D eigenvalue weighted by Crippen LogP contribution is 2.01. The van der Waals surface area contributed by atoms with Crippen LogP contribution in [0.1, 0.15) is 17.4 Å². The molecule has 1 heterocycles. The number of amides is 1. The lowest BCUT2D eigenvalue weighted by Gasteiger charge is -2.22. The number of nitrogens with one attached hydrogen (secondary N) is 1. The normalized spacial score (nSPS) is 14.2. The van der Waals surface area contributed by atoms with Crippen molar-refractivity contribution in [3.05, 3.63) is 24.3 Å². The number of ether oxygens (including phenoxy) is 1. The Balaban J connectivity index is 2.48. The number of nitrogens with zero attached hydrogens (tertiary/aromatic N) is 2. The molecule has 0 unspecified atom stereocenters. The SMILES string of the molecule is COC[C@](C)(O)CNC(=O)c1cnccn1. The number of hydrogen-bond donors (Lipinski definition) is 2. The predicted octanol–water partition coefficient (Wildman–Crippen LogP) is -0.396. The van der Waals surface area contributed by atoms with Gasteiger partial charge in [-0.2, -0.15) is 0 Å². The summed E-state index contributed by atoms with van der Waals surface area (Å²) in [4.78, 5) is 19.1. The maximum absolute atomic E-state index is 11.5. The third-order valence-electron chi connectivity index (χ3n) is 1.88. The maximum atomic E-state index is 11.5. The van der Waals surface area contributed by atoms with E-state index in [9.17, 15) is 9.90 Å². The topological polar surface area (TPSA) is 84.3 Å². The molecule has 1 aromatic heterocycles. The van der Waals surface area contributed by atoms with Gasteiger partial charge in [0.1, 0.15) is 11.3 Å². The van der Waals surface area contributed by atoms with Gasteiger partial charge in [-0.25, -0.2) is 4.98 Å². The Morgan fingerprint density at radius 1 is 1.62 bits per heavy atom. The molecule has 0 radical (unpaired) electrons. The van der Waals surface area contributed by atoms with E-state index in [0.717, 1.165) is 0 Å². The summed E-state index contributed by atoms with van der Waals surface area (Å²) in [5, 5.41) is 12.3. The minimum atomic E-state index is -1.09. The van der Waals surface area contributed by atoms with E-state index in [1.807, 2.05) is 0 Å². The van der Waals surface area contributed by atoms with Gasteiger partial charge in [0.2, 0.25) is 0 Å². The average molecular weight is 225 g/mol. The molecule has 1 amide bonds. The van der Waals surface area contributed by atoms with Crippen molar-refractivity contribution in [2.24, 2.45) is 0 Å². The molecule has 0 aromatic carbocycles. The van der Waals surface area contributed by atoms with Gasteiger partial charge in [-0.05, 0) is 6.92 Å². The molecular weight excluding hydrogens is 210 g/mol. The smallest absolute Gasteiger partial charge is 0.271 e. The van der Waals surface area contributed by atoms with Gasteiger partial charge < -0.3 is 15.2 Å². The van der Waals surface area contributed by atoms with Gasteiger partial charge >= 0.3 is 0 Å². The van der Waals surface area contributed by atoms with Gasteiger partial charge in [0.15, 0.2) is 0 Å². The molecule has 0 saturated carbocycles. The van der Waals surface area contributed by atoms with Crippen molar-refractivity contribution in [1.82, 2.24) is 15.3 Å². The second-order valence-corrected chi connectivity index (χ2v) is 3.70. The monoisotopic (exact) mass is 225 g/mol. The van der Waals surface area contributed by atoms with Crippen LogP contribution in [0, 0.1) is 0 Å². The fraction of sp³-hybridized carbons (Fsp3) is 0.500. The fourth-order valence-corrected chi connectivity index (χ4v) is 1.14. The predicted molar refractivity (Wildman–Crippen MR) is 56.9 cm³/mol. The molecule has 88 valence electrons. The van der Waals surface area contributed by atoms with E-state index in [1.54, 1.807) is 6.92 Å². The zero-order chi connectivity index (χ0) is 12.0. The number of aliphatic hydroxyl groups is 1. The standard InChI is InChI=1S/C10H15N3O3/c1-10(15,7-16-2)6-13-9(14)8-5-11-3-4-12-8/h3-5,15H,6-7H2,1-2H3,(H,13,14)/t10-/m1/s1. The van der Waals surface area contributed by atoms with Crippen LogP contribution in [0.25, 0.3) is 0 Å². The van der Waals surface area contributed by atoms with E-state index >= 15 is 0 Å². The quantitative estimate of drug-likeness (QED) is 0.712. The Labute approximate surface area is 93.7 Å². The summed E-state index contributed by atoms with van der Waals surface area (Å²) in [7, 11) is 1.49. The van der Waals surface area contributed by atoms with Crippen molar-refractivity contribution in [2.75, 3.05) is 20.3 Å². The Kier molecular flexibility index (Phi) is 4.33. The lowest BCUT2D eigenvalue weighted by atomic mass is 10.1. The van der Waals surface area contributed by atoms with E-state index in [4.69, 9.17) is 4.74 Å². The van der Waals surface area contributed by atoms with Crippen molar-refractivity contribution in [3.8, 4) is 0 Å². The van der Waals surface area contributed by atoms with Crippen molar-refractivity contribution < 1.29 is 14.6 Å². The molecular formula is C10H15N3O3. The first-order valence-electron chi connectivity index (χ1n) is 4.81. The molecule has 6 nitrogen and oxygen atoms in total. The fourth-order valence-electron chi connectivity index (χ4n) is 1.14. The Morgan fingerprint density at radius 3 is 2.94 bits per heavy atom. The molecule has 0 fully saturated rings. The van der Waals surface area contributed by atoms with E-state index in [-0.39, 0.29) is 24.8 Å². The molecule has 0 aliphatic rings. The van der Waals surface area contributed by atoms with E-state index in [0.29, 0.717) is 0 Å². The van der Waals surface area contributed by atoms with Crippen LogP contribution in [-0.2, 0) is 4.74 Å². The van der Waals surface area contributed by atoms with Gasteiger partial charge in [0.25, 0.3) is 5.91 Å². The molecule has 0 aliphatic heterocycles. The highest BCUT2D eigenvalue weighted by atomic mass is 16.5. The number of rotatable bonds is 5. The van der Waals surface area contributed by atoms with E-state index < -0.39 is 5.60 Å². The highest BCUT2D eigenvalue weighted by molar-refractivity contribution is 5.91. The molecule has 2 N–H and O–H groups in total. The summed E-state index contributed by atoms with van der Waals surface area (Å²) in [6, 6.07) is 0. The van der Waals surface area contributed by atoms with Crippen LogP contribution in [-0.4, -0.2) is 46.8 Å². The van der Waals surface area contributed by atoms with Crippen molar-refractivity contribution >= 4 is 5.91 Å². The molecule has 1 atom stereocenters. The van der Waals surface area contributed by atoms with Crippen LogP contribution >= 0.6 is 0 Å². The molecule has 0 bridgehead atoms. The maximum Gasteiger partial charge on any atom is 0.271 e. The number of methoxy groups -OCH3 is 1. The lowest BCUT2D eigenvalue weighted by Crippen LogP contribution is -2.43. The molecule has 6 heteroatoms.